The summed E-state index contributed by atoms with van der Waals surface area (Å²) in [6.45, 7) is 2.50. The second kappa shape index (κ2) is 10.9. The summed E-state index contributed by atoms with van der Waals surface area (Å²) in [4.78, 5) is 30.5. The van der Waals surface area contributed by atoms with Crippen LogP contribution < -0.4 is 10.1 Å². The molecule has 0 fully saturated rings. The molecule has 0 aliphatic carbocycles. The van der Waals surface area contributed by atoms with Gasteiger partial charge in [0, 0.05) is 36.8 Å². The Kier molecular flexibility index (Phi) is 7.52. The molecule has 4 rings (SSSR count). The van der Waals surface area contributed by atoms with Gasteiger partial charge in [0.1, 0.15) is 5.75 Å². The number of ether oxygens (including phenoxy) is 1. The predicted molar refractivity (Wildman–Crippen MR) is 126 cm³/mol. The summed E-state index contributed by atoms with van der Waals surface area (Å²) in [7, 11) is 0. The molecule has 0 saturated carbocycles. The van der Waals surface area contributed by atoms with E-state index < -0.39 is 5.97 Å². The molecule has 0 spiro atoms. The lowest BCUT2D eigenvalue weighted by molar-refractivity contribution is -0.136. The Morgan fingerprint density at radius 3 is 2.85 bits per heavy atom. The van der Waals surface area contributed by atoms with E-state index in [1.54, 1.807) is 12.3 Å². The number of hydrogen-bond acceptors (Lipinski definition) is 5. The molecule has 0 saturated heterocycles. The van der Waals surface area contributed by atoms with Crippen molar-refractivity contribution in [1.82, 2.24) is 15.2 Å². The minimum Gasteiger partial charge on any atom is -0.493 e. The van der Waals surface area contributed by atoms with E-state index in [1.165, 1.54) is 0 Å². The number of nitrogens with zero attached hydrogens (tertiary/aromatic N) is 2. The molecule has 0 bridgehead atoms. The number of fused-ring (bicyclic) bond motifs is 2. The molecule has 1 aliphatic heterocycles. The van der Waals surface area contributed by atoms with Crippen LogP contribution in [0.1, 0.15) is 36.0 Å². The summed E-state index contributed by atoms with van der Waals surface area (Å²) in [5, 5.41) is 13.3. The molecule has 172 valence electrons. The Bertz CT molecular complexity index is 1130. The number of carboxylic acids is 1. The van der Waals surface area contributed by atoms with Crippen LogP contribution in [0.4, 0.5) is 0 Å². The average Bonchev–Trinajstić information content (AvgIpc) is 2.80. The van der Waals surface area contributed by atoms with Crippen molar-refractivity contribution in [1.29, 1.82) is 0 Å². The molecule has 0 radical (unpaired) electrons. The summed E-state index contributed by atoms with van der Waals surface area (Å²) < 4.78 is 6.07. The first-order chi connectivity index (χ1) is 16.1. The second-order valence-corrected chi connectivity index (χ2v) is 8.40. The van der Waals surface area contributed by atoms with Crippen molar-refractivity contribution in [2.45, 2.75) is 38.8 Å². The minimum atomic E-state index is -0.875. The third-order valence-corrected chi connectivity index (χ3v) is 5.78. The van der Waals surface area contributed by atoms with Crippen molar-refractivity contribution < 1.29 is 19.4 Å². The molecule has 1 aliphatic rings. The molecular formula is C26H29N3O4. The Labute approximate surface area is 193 Å². The highest BCUT2D eigenvalue weighted by atomic mass is 16.5. The maximum absolute atomic E-state index is 12.7. The van der Waals surface area contributed by atoms with Crippen LogP contribution in [0.3, 0.4) is 0 Å². The lowest BCUT2D eigenvalue weighted by Crippen LogP contribution is -2.37. The monoisotopic (exact) mass is 447 g/mol. The summed E-state index contributed by atoms with van der Waals surface area (Å²) in [6.07, 6.45) is 4.52. The van der Waals surface area contributed by atoms with Gasteiger partial charge in [-0.3, -0.25) is 19.5 Å². The molecule has 0 unspecified atom stereocenters. The van der Waals surface area contributed by atoms with Gasteiger partial charge >= 0.3 is 5.97 Å². The van der Waals surface area contributed by atoms with Crippen LogP contribution in [0, 0.1) is 0 Å². The van der Waals surface area contributed by atoms with Crippen LogP contribution in [0.15, 0.2) is 54.7 Å². The van der Waals surface area contributed by atoms with Crippen LogP contribution in [0.5, 0.6) is 5.75 Å². The number of aromatic nitrogens is 1. The van der Waals surface area contributed by atoms with Crippen LogP contribution in [0.25, 0.3) is 10.9 Å². The van der Waals surface area contributed by atoms with Gasteiger partial charge in [0.15, 0.2) is 0 Å². The van der Waals surface area contributed by atoms with Crippen molar-refractivity contribution in [3.8, 4) is 5.75 Å². The number of carbonyl (C=O) groups excluding carboxylic acids is 1. The van der Waals surface area contributed by atoms with E-state index in [0.29, 0.717) is 31.8 Å². The molecular weight excluding hydrogens is 418 g/mol. The lowest BCUT2D eigenvalue weighted by Gasteiger charge is -2.24. The number of pyridine rings is 1. The Hall–Kier alpha value is -3.45. The number of amides is 1. The highest BCUT2D eigenvalue weighted by Crippen LogP contribution is 2.25. The molecule has 3 aromatic rings. The summed E-state index contributed by atoms with van der Waals surface area (Å²) in [5.41, 5.74) is 3.60. The zero-order valence-electron chi connectivity index (χ0n) is 18.6. The number of hydrogen-bond donors (Lipinski definition) is 2. The van der Waals surface area contributed by atoms with Crippen LogP contribution in [-0.2, 0) is 29.1 Å². The number of benzene rings is 2. The predicted octanol–water partition coefficient (Wildman–Crippen LogP) is 3.54. The highest BCUT2D eigenvalue weighted by Gasteiger charge is 2.17. The second-order valence-electron chi connectivity index (χ2n) is 8.40. The van der Waals surface area contributed by atoms with E-state index in [2.05, 4.69) is 15.2 Å². The van der Waals surface area contributed by atoms with Gasteiger partial charge in [0.25, 0.3) is 0 Å². The third kappa shape index (κ3) is 6.29. The number of aliphatic carboxylic acids is 1. The Morgan fingerprint density at radius 2 is 1.97 bits per heavy atom. The van der Waals surface area contributed by atoms with Crippen molar-refractivity contribution in [3.63, 3.8) is 0 Å². The lowest BCUT2D eigenvalue weighted by atomic mass is 10.1. The molecule has 1 aromatic heterocycles. The van der Waals surface area contributed by atoms with E-state index >= 15 is 0 Å². The average molecular weight is 448 g/mol. The van der Waals surface area contributed by atoms with E-state index in [-0.39, 0.29) is 18.9 Å². The van der Waals surface area contributed by atoms with Crippen LogP contribution in [0.2, 0.25) is 0 Å². The van der Waals surface area contributed by atoms with Gasteiger partial charge < -0.3 is 15.2 Å². The fourth-order valence-electron chi connectivity index (χ4n) is 4.20. The third-order valence-electron chi connectivity index (χ3n) is 5.78. The SMILES string of the molecule is O=C(O)Cc1ccc2c(c1)CN(Cc1ccnc3ccccc13)CC(=O)NCCCCCO2. The van der Waals surface area contributed by atoms with Crippen molar-refractivity contribution >= 4 is 22.8 Å². The summed E-state index contributed by atoms with van der Waals surface area (Å²) in [6, 6.07) is 15.5. The highest BCUT2D eigenvalue weighted by molar-refractivity contribution is 5.82. The van der Waals surface area contributed by atoms with Crippen LogP contribution in [-0.4, -0.2) is 46.6 Å². The zero-order valence-corrected chi connectivity index (χ0v) is 18.6. The quantitative estimate of drug-likeness (QED) is 0.636. The fourth-order valence-corrected chi connectivity index (χ4v) is 4.20. The fraction of sp³-hybridized carbons (Fsp3) is 0.346. The number of para-hydroxylation sites is 1. The number of carbonyl (C=O) groups is 2. The normalized spacial score (nSPS) is 15.9. The van der Waals surface area contributed by atoms with Gasteiger partial charge in [-0.15, -0.1) is 0 Å². The largest absolute Gasteiger partial charge is 0.493 e. The molecule has 7 heteroatoms. The van der Waals surface area contributed by atoms with Gasteiger partial charge in [0.2, 0.25) is 5.91 Å². The minimum absolute atomic E-state index is 0.0169. The van der Waals surface area contributed by atoms with Gasteiger partial charge in [-0.05, 0) is 48.6 Å². The molecule has 33 heavy (non-hydrogen) atoms. The first-order valence-electron chi connectivity index (χ1n) is 11.4. The molecule has 0 atom stereocenters. The Balaban J connectivity index is 1.67. The molecule has 7 nitrogen and oxygen atoms in total. The van der Waals surface area contributed by atoms with Gasteiger partial charge in [-0.2, -0.15) is 0 Å². The maximum atomic E-state index is 12.7. The maximum Gasteiger partial charge on any atom is 0.307 e. The topological polar surface area (TPSA) is 91.8 Å². The Morgan fingerprint density at radius 1 is 1.09 bits per heavy atom. The molecule has 2 aromatic carbocycles. The van der Waals surface area contributed by atoms with Crippen molar-refractivity contribution in [3.05, 3.63) is 71.4 Å². The summed E-state index contributed by atoms with van der Waals surface area (Å²) in [5.74, 6) is -0.148. The number of carboxylic acid groups (broad SMARTS) is 1. The van der Waals surface area contributed by atoms with Gasteiger partial charge in [-0.25, -0.2) is 0 Å². The first kappa shape index (κ1) is 22.7. The van der Waals surface area contributed by atoms with Gasteiger partial charge in [-0.1, -0.05) is 30.3 Å². The van der Waals surface area contributed by atoms with E-state index in [4.69, 9.17) is 4.74 Å². The number of nitrogens with one attached hydrogen (secondary N) is 1. The van der Waals surface area contributed by atoms with Crippen molar-refractivity contribution in [2.75, 3.05) is 19.7 Å². The van der Waals surface area contributed by atoms with E-state index in [1.807, 2.05) is 42.5 Å². The van der Waals surface area contributed by atoms with Crippen LogP contribution >= 0.6 is 0 Å². The standard InChI is InChI=1S/C26H29N3O4/c30-25-18-29(16-20-10-12-27-23-7-3-2-6-22(20)23)17-21-14-19(15-26(31)32)8-9-24(21)33-13-5-1-4-11-28-25/h2-3,6-10,12,14H,1,4-5,11,13,15-18H2,(H,28,30)(H,31,32). The van der Waals surface area contributed by atoms with E-state index in [0.717, 1.165) is 47.0 Å². The smallest absolute Gasteiger partial charge is 0.307 e. The summed E-state index contributed by atoms with van der Waals surface area (Å²) >= 11 is 0. The van der Waals surface area contributed by atoms with E-state index in [9.17, 15) is 14.7 Å². The molecule has 2 N–H and O–H groups in total. The zero-order chi connectivity index (χ0) is 23.0. The molecule has 1 amide bonds. The first-order valence-corrected chi connectivity index (χ1v) is 11.4. The molecule has 2 heterocycles. The van der Waals surface area contributed by atoms with Gasteiger partial charge in [0.05, 0.1) is 25.1 Å². The van der Waals surface area contributed by atoms with Crippen molar-refractivity contribution in [2.24, 2.45) is 0 Å². The number of rotatable bonds is 4.